The average molecular weight is 227 g/mol. The fourth-order valence-electron chi connectivity index (χ4n) is 1.19. The van der Waals surface area contributed by atoms with Gasteiger partial charge in [0.05, 0.1) is 6.10 Å². The zero-order valence-corrected chi connectivity index (χ0v) is 9.75. The SMILES string of the molecule is CC(C)OCC(=O)Cc1cccc(Cl)c1. The van der Waals surface area contributed by atoms with Crippen LogP contribution in [-0.2, 0) is 16.0 Å². The van der Waals surface area contributed by atoms with Gasteiger partial charge in [0.25, 0.3) is 0 Å². The normalized spacial score (nSPS) is 10.7. The predicted molar refractivity (Wildman–Crippen MR) is 61.3 cm³/mol. The summed E-state index contributed by atoms with van der Waals surface area (Å²) < 4.78 is 5.22. The molecule has 0 atom stereocenters. The lowest BCUT2D eigenvalue weighted by atomic mass is 10.1. The monoisotopic (exact) mass is 226 g/mol. The number of halogens is 1. The van der Waals surface area contributed by atoms with E-state index < -0.39 is 0 Å². The molecule has 0 aliphatic heterocycles. The van der Waals surface area contributed by atoms with Crippen molar-refractivity contribution in [3.8, 4) is 0 Å². The van der Waals surface area contributed by atoms with Crippen molar-refractivity contribution in [1.82, 2.24) is 0 Å². The first kappa shape index (κ1) is 12.2. The molecule has 2 nitrogen and oxygen atoms in total. The molecule has 0 aromatic heterocycles. The van der Waals surface area contributed by atoms with E-state index in [0.717, 1.165) is 5.56 Å². The summed E-state index contributed by atoms with van der Waals surface area (Å²) in [6, 6.07) is 7.32. The maximum absolute atomic E-state index is 11.5. The molecular formula is C12H15ClO2. The molecule has 15 heavy (non-hydrogen) atoms. The number of carbonyl (C=O) groups is 1. The van der Waals surface area contributed by atoms with E-state index in [1.165, 1.54) is 0 Å². The third-order valence-electron chi connectivity index (χ3n) is 1.87. The van der Waals surface area contributed by atoms with Gasteiger partial charge >= 0.3 is 0 Å². The quantitative estimate of drug-likeness (QED) is 0.772. The minimum Gasteiger partial charge on any atom is -0.371 e. The van der Waals surface area contributed by atoms with Gasteiger partial charge in [0.15, 0.2) is 5.78 Å². The Labute approximate surface area is 95.2 Å². The molecular weight excluding hydrogens is 212 g/mol. The van der Waals surface area contributed by atoms with Gasteiger partial charge in [-0.3, -0.25) is 4.79 Å². The van der Waals surface area contributed by atoms with Crippen molar-refractivity contribution in [3.05, 3.63) is 34.9 Å². The predicted octanol–water partition coefficient (Wildman–Crippen LogP) is 2.88. The van der Waals surface area contributed by atoms with Crippen molar-refractivity contribution in [2.75, 3.05) is 6.61 Å². The van der Waals surface area contributed by atoms with Crippen LogP contribution in [0.5, 0.6) is 0 Å². The van der Waals surface area contributed by atoms with Crippen LogP contribution in [-0.4, -0.2) is 18.5 Å². The summed E-state index contributed by atoms with van der Waals surface area (Å²) >= 11 is 5.81. The molecule has 0 aliphatic carbocycles. The molecule has 0 saturated carbocycles. The number of hydrogen-bond acceptors (Lipinski definition) is 2. The van der Waals surface area contributed by atoms with Gasteiger partial charge in [-0.2, -0.15) is 0 Å². The molecule has 0 unspecified atom stereocenters. The Morgan fingerprint density at radius 3 is 2.80 bits per heavy atom. The van der Waals surface area contributed by atoms with Crippen LogP contribution >= 0.6 is 11.6 Å². The summed E-state index contributed by atoms with van der Waals surface area (Å²) in [6.45, 7) is 3.99. The molecule has 0 heterocycles. The molecule has 0 aliphatic rings. The van der Waals surface area contributed by atoms with E-state index in [4.69, 9.17) is 16.3 Å². The van der Waals surface area contributed by atoms with E-state index in [-0.39, 0.29) is 18.5 Å². The van der Waals surface area contributed by atoms with Crippen LogP contribution in [0.25, 0.3) is 0 Å². The van der Waals surface area contributed by atoms with Gasteiger partial charge in [-0.25, -0.2) is 0 Å². The summed E-state index contributed by atoms with van der Waals surface area (Å²) in [5, 5.41) is 0.657. The fourth-order valence-corrected chi connectivity index (χ4v) is 1.40. The van der Waals surface area contributed by atoms with Crippen LogP contribution in [0.1, 0.15) is 19.4 Å². The highest BCUT2D eigenvalue weighted by Gasteiger charge is 2.05. The number of benzene rings is 1. The van der Waals surface area contributed by atoms with Crippen molar-refractivity contribution in [3.63, 3.8) is 0 Å². The Kier molecular flexibility index (Phi) is 4.79. The van der Waals surface area contributed by atoms with Crippen LogP contribution in [0.15, 0.2) is 24.3 Å². The first-order valence-corrected chi connectivity index (χ1v) is 5.33. The van der Waals surface area contributed by atoms with Crippen LogP contribution < -0.4 is 0 Å². The second-order valence-corrected chi connectivity index (χ2v) is 4.14. The summed E-state index contributed by atoms with van der Waals surface area (Å²) in [4.78, 5) is 11.5. The molecule has 0 N–H and O–H groups in total. The summed E-state index contributed by atoms with van der Waals surface area (Å²) in [7, 11) is 0. The number of rotatable bonds is 5. The van der Waals surface area contributed by atoms with Gasteiger partial charge in [-0.1, -0.05) is 23.7 Å². The molecule has 0 bridgehead atoms. The molecule has 0 amide bonds. The largest absolute Gasteiger partial charge is 0.371 e. The van der Waals surface area contributed by atoms with Crippen molar-refractivity contribution in [2.45, 2.75) is 26.4 Å². The summed E-state index contributed by atoms with van der Waals surface area (Å²) in [5.41, 5.74) is 0.930. The summed E-state index contributed by atoms with van der Waals surface area (Å²) in [6.07, 6.45) is 0.473. The Morgan fingerprint density at radius 1 is 1.47 bits per heavy atom. The molecule has 0 fully saturated rings. The number of ketones is 1. The topological polar surface area (TPSA) is 26.3 Å². The second kappa shape index (κ2) is 5.89. The van der Waals surface area contributed by atoms with E-state index in [2.05, 4.69) is 0 Å². The molecule has 82 valence electrons. The Hall–Kier alpha value is -0.860. The maximum atomic E-state index is 11.5. The van der Waals surface area contributed by atoms with Crippen molar-refractivity contribution in [1.29, 1.82) is 0 Å². The van der Waals surface area contributed by atoms with Crippen LogP contribution in [0.2, 0.25) is 5.02 Å². The van der Waals surface area contributed by atoms with Gasteiger partial charge in [0.2, 0.25) is 0 Å². The standard InChI is InChI=1S/C12H15ClO2/c1-9(2)15-8-12(14)7-10-4-3-5-11(13)6-10/h3-6,9H,7-8H2,1-2H3. The van der Waals surface area contributed by atoms with Crippen LogP contribution in [0, 0.1) is 0 Å². The van der Waals surface area contributed by atoms with Crippen molar-refractivity contribution in [2.24, 2.45) is 0 Å². The average Bonchev–Trinajstić information content (AvgIpc) is 2.15. The third-order valence-corrected chi connectivity index (χ3v) is 2.10. The van der Waals surface area contributed by atoms with Gasteiger partial charge in [0, 0.05) is 11.4 Å². The number of hydrogen-bond donors (Lipinski definition) is 0. The molecule has 0 saturated heterocycles. The number of carbonyl (C=O) groups excluding carboxylic acids is 1. The van der Waals surface area contributed by atoms with E-state index in [1.54, 1.807) is 12.1 Å². The number of ether oxygens (including phenoxy) is 1. The summed E-state index contributed by atoms with van der Waals surface area (Å²) in [5.74, 6) is 0.0750. The highest BCUT2D eigenvalue weighted by atomic mass is 35.5. The third kappa shape index (κ3) is 4.96. The minimum atomic E-state index is 0.0750. The van der Waals surface area contributed by atoms with E-state index in [9.17, 15) is 4.79 Å². The zero-order chi connectivity index (χ0) is 11.3. The smallest absolute Gasteiger partial charge is 0.162 e. The van der Waals surface area contributed by atoms with E-state index in [0.29, 0.717) is 11.4 Å². The van der Waals surface area contributed by atoms with Crippen LogP contribution in [0.3, 0.4) is 0 Å². The number of Topliss-reactive ketones (excluding diaryl/α,β-unsaturated/α-hetero) is 1. The fraction of sp³-hybridized carbons (Fsp3) is 0.417. The highest BCUT2D eigenvalue weighted by Crippen LogP contribution is 2.11. The lowest BCUT2D eigenvalue weighted by Crippen LogP contribution is -2.15. The highest BCUT2D eigenvalue weighted by molar-refractivity contribution is 6.30. The molecule has 0 radical (unpaired) electrons. The lowest BCUT2D eigenvalue weighted by Gasteiger charge is -2.06. The minimum absolute atomic E-state index is 0.0750. The Morgan fingerprint density at radius 2 is 2.20 bits per heavy atom. The maximum Gasteiger partial charge on any atom is 0.162 e. The Balaban J connectivity index is 2.44. The second-order valence-electron chi connectivity index (χ2n) is 3.71. The van der Waals surface area contributed by atoms with E-state index in [1.807, 2.05) is 26.0 Å². The van der Waals surface area contributed by atoms with Crippen LogP contribution in [0.4, 0.5) is 0 Å². The zero-order valence-electron chi connectivity index (χ0n) is 9.00. The molecule has 3 heteroatoms. The Bertz CT molecular complexity index is 334. The van der Waals surface area contributed by atoms with Gasteiger partial charge in [0.1, 0.15) is 6.61 Å². The first-order valence-electron chi connectivity index (χ1n) is 4.95. The molecule has 1 aromatic rings. The molecule has 1 rings (SSSR count). The van der Waals surface area contributed by atoms with Gasteiger partial charge in [-0.15, -0.1) is 0 Å². The van der Waals surface area contributed by atoms with E-state index >= 15 is 0 Å². The molecule has 0 spiro atoms. The van der Waals surface area contributed by atoms with Gasteiger partial charge in [-0.05, 0) is 31.5 Å². The molecule has 1 aromatic carbocycles. The van der Waals surface area contributed by atoms with Crippen molar-refractivity contribution < 1.29 is 9.53 Å². The lowest BCUT2D eigenvalue weighted by molar-refractivity contribution is -0.124. The van der Waals surface area contributed by atoms with Gasteiger partial charge < -0.3 is 4.74 Å². The first-order chi connectivity index (χ1) is 7.08. The van der Waals surface area contributed by atoms with Crippen molar-refractivity contribution >= 4 is 17.4 Å².